The molecule has 1 unspecified atom stereocenters. The summed E-state index contributed by atoms with van der Waals surface area (Å²) in [5, 5.41) is 20.8. The van der Waals surface area contributed by atoms with Crippen molar-refractivity contribution in [1.82, 2.24) is 20.3 Å². The summed E-state index contributed by atoms with van der Waals surface area (Å²) in [7, 11) is 0. The molecule has 27 heavy (non-hydrogen) atoms. The second kappa shape index (κ2) is 7.36. The number of hydrogen-bond acceptors (Lipinski definition) is 5. The van der Waals surface area contributed by atoms with Crippen molar-refractivity contribution in [1.29, 1.82) is 0 Å². The van der Waals surface area contributed by atoms with Gasteiger partial charge in [0.1, 0.15) is 5.69 Å². The first-order valence-corrected chi connectivity index (χ1v) is 9.12. The fourth-order valence-corrected chi connectivity index (χ4v) is 3.35. The van der Waals surface area contributed by atoms with E-state index in [-0.39, 0.29) is 17.7 Å². The third-order valence-corrected chi connectivity index (χ3v) is 4.96. The molecule has 0 saturated heterocycles. The molecule has 140 valence electrons. The average molecular weight is 366 g/mol. The molecule has 0 bridgehead atoms. The van der Waals surface area contributed by atoms with Crippen molar-refractivity contribution in [2.24, 2.45) is 5.92 Å². The Balaban J connectivity index is 1.27. The van der Waals surface area contributed by atoms with Crippen LogP contribution in [0, 0.1) is 5.92 Å². The van der Waals surface area contributed by atoms with Crippen LogP contribution < -0.4 is 5.32 Å². The van der Waals surface area contributed by atoms with Gasteiger partial charge in [-0.25, -0.2) is 0 Å². The van der Waals surface area contributed by atoms with E-state index < -0.39 is 6.10 Å². The van der Waals surface area contributed by atoms with Gasteiger partial charge in [0, 0.05) is 36.0 Å². The van der Waals surface area contributed by atoms with Crippen LogP contribution in [0.4, 0.5) is 0 Å². The van der Waals surface area contributed by atoms with Gasteiger partial charge in [0.2, 0.25) is 5.76 Å². The lowest BCUT2D eigenvalue weighted by Gasteiger charge is -2.35. The van der Waals surface area contributed by atoms with E-state index >= 15 is 0 Å². The monoisotopic (exact) mass is 366 g/mol. The topological polar surface area (TPSA) is 93.2 Å². The Bertz CT molecular complexity index is 910. The maximum atomic E-state index is 12.3. The van der Waals surface area contributed by atoms with Gasteiger partial charge in [-0.1, -0.05) is 35.5 Å². The van der Waals surface area contributed by atoms with Crippen LogP contribution in [0.15, 0.2) is 53.3 Å². The third-order valence-electron chi connectivity index (χ3n) is 4.96. The smallest absolute Gasteiger partial charge is 0.290 e. The van der Waals surface area contributed by atoms with Gasteiger partial charge in [0.15, 0.2) is 0 Å². The van der Waals surface area contributed by atoms with Crippen LogP contribution >= 0.6 is 0 Å². The maximum Gasteiger partial charge on any atom is 0.290 e. The molecule has 1 aromatic carbocycles. The van der Waals surface area contributed by atoms with Gasteiger partial charge in [-0.2, -0.15) is 5.10 Å². The standard InChI is InChI=1S/C20H22N4O3/c1-13(25)16-10-21-24(12-16)11-14-7-17(8-14)22-20(26)19-9-18(23-27-19)15-5-3-2-4-6-15/h2-6,9-10,12-14,17,25H,7-8,11H2,1H3,(H,22,26). The number of carbonyl (C=O) groups is 1. The minimum atomic E-state index is -0.505. The number of hydrogen-bond donors (Lipinski definition) is 2. The third kappa shape index (κ3) is 3.93. The molecule has 2 N–H and O–H groups in total. The second-order valence-corrected chi connectivity index (χ2v) is 7.12. The highest BCUT2D eigenvalue weighted by atomic mass is 16.5. The fraction of sp³-hybridized carbons (Fsp3) is 0.350. The zero-order valence-corrected chi connectivity index (χ0v) is 15.1. The SMILES string of the molecule is CC(O)c1cnn(CC2CC(NC(=O)c3cc(-c4ccccc4)no3)C2)c1. The molecule has 4 rings (SSSR count). The quantitative estimate of drug-likeness (QED) is 0.700. The molecule has 0 radical (unpaired) electrons. The summed E-state index contributed by atoms with van der Waals surface area (Å²) in [6.07, 6.45) is 4.85. The van der Waals surface area contributed by atoms with Gasteiger partial charge in [0.05, 0.1) is 12.3 Å². The lowest BCUT2D eigenvalue weighted by Crippen LogP contribution is -2.45. The summed E-state index contributed by atoms with van der Waals surface area (Å²) in [4.78, 5) is 12.3. The predicted octanol–water partition coefficient (Wildman–Crippen LogP) is 2.80. The summed E-state index contributed by atoms with van der Waals surface area (Å²) >= 11 is 0. The summed E-state index contributed by atoms with van der Waals surface area (Å²) in [5.41, 5.74) is 2.39. The van der Waals surface area contributed by atoms with Crippen molar-refractivity contribution >= 4 is 5.91 Å². The molecule has 2 aromatic heterocycles. The number of aliphatic hydroxyl groups is 1. The Kier molecular flexibility index (Phi) is 4.77. The molecule has 3 aromatic rings. The number of benzene rings is 1. The van der Waals surface area contributed by atoms with E-state index in [0.717, 1.165) is 30.5 Å². The van der Waals surface area contributed by atoms with Gasteiger partial charge in [-0.3, -0.25) is 9.48 Å². The maximum absolute atomic E-state index is 12.3. The van der Waals surface area contributed by atoms with Crippen LogP contribution in [0.5, 0.6) is 0 Å². The molecule has 1 fully saturated rings. The van der Waals surface area contributed by atoms with E-state index in [4.69, 9.17) is 4.52 Å². The largest absolute Gasteiger partial charge is 0.389 e. The Morgan fingerprint density at radius 2 is 2.15 bits per heavy atom. The molecule has 1 aliphatic carbocycles. The second-order valence-electron chi connectivity index (χ2n) is 7.12. The van der Waals surface area contributed by atoms with Crippen LogP contribution in [0.25, 0.3) is 11.3 Å². The van der Waals surface area contributed by atoms with Crippen molar-refractivity contribution < 1.29 is 14.4 Å². The molecule has 1 saturated carbocycles. The van der Waals surface area contributed by atoms with Crippen LogP contribution in [0.2, 0.25) is 0 Å². The molecule has 1 aliphatic rings. The molecule has 0 spiro atoms. The Labute approximate surface area is 157 Å². The van der Waals surface area contributed by atoms with Crippen molar-refractivity contribution in [3.8, 4) is 11.3 Å². The summed E-state index contributed by atoms with van der Waals surface area (Å²) in [5.74, 6) is 0.459. The molecule has 7 heteroatoms. The molecule has 2 heterocycles. The molecule has 7 nitrogen and oxygen atoms in total. The molecule has 1 amide bonds. The molecule has 1 atom stereocenters. The number of rotatable bonds is 6. The van der Waals surface area contributed by atoms with E-state index in [1.165, 1.54) is 0 Å². The Morgan fingerprint density at radius 1 is 1.37 bits per heavy atom. The van der Waals surface area contributed by atoms with Crippen LogP contribution in [0.1, 0.15) is 42.0 Å². The van der Waals surface area contributed by atoms with Crippen LogP contribution in [-0.4, -0.2) is 32.0 Å². The van der Waals surface area contributed by atoms with Crippen LogP contribution in [0.3, 0.4) is 0 Å². The Morgan fingerprint density at radius 3 is 2.85 bits per heavy atom. The summed E-state index contributed by atoms with van der Waals surface area (Å²) in [6.45, 7) is 2.52. The molecule has 0 aliphatic heterocycles. The highest BCUT2D eigenvalue weighted by Crippen LogP contribution is 2.29. The van der Waals surface area contributed by atoms with E-state index in [2.05, 4.69) is 15.6 Å². The minimum Gasteiger partial charge on any atom is -0.389 e. The van der Waals surface area contributed by atoms with E-state index in [9.17, 15) is 9.90 Å². The fourth-order valence-electron chi connectivity index (χ4n) is 3.35. The van der Waals surface area contributed by atoms with E-state index in [1.54, 1.807) is 19.2 Å². The first-order chi connectivity index (χ1) is 13.1. The highest BCUT2D eigenvalue weighted by molar-refractivity contribution is 5.92. The van der Waals surface area contributed by atoms with Crippen molar-refractivity contribution in [2.75, 3.05) is 0 Å². The number of amides is 1. The van der Waals surface area contributed by atoms with Gasteiger partial charge < -0.3 is 14.9 Å². The normalized spacial score (nSPS) is 20.1. The zero-order chi connectivity index (χ0) is 18.8. The van der Waals surface area contributed by atoms with Gasteiger partial charge in [-0.15, -0.1) is 0 Å². The van der Waals surface area contributed by atoms with Gasteiger partial charge >= 0.3 is 0 Å². The summed E-state index contributed by atoms with van der Waals surface area (Å²) < 4.78 is 7.05. The lowest BCUT2D eigenvalue weighted by atomic mass is 9.80. The van der Waals surface area contributed by atoms with E-state index in [0.29, 0.717) is 11.6 Å². The first kappa shape index (κ1) is 17.5. The average Bonchev–Trinajstić information content (AvgIpc) is 3.30. The predicted molar refractivity (Wildman–Crippen MR) is 98.8 cm³/mol. The minimum absolute atomic E-state index is 0.138. The number of aromatic nitrogens is 3. The number of nitrogens with zero attached hydrogens (tertiary/aromatic N) is 3. The first-order valence-electron chi connectivity index (χ1n) is 9.12. The lowest BCUT2D eigenvalue weighted by molar-refractivity contribution is 0.0842. The molecular formula is C20H22N4O3. The van der Waals surface area contributed by atoms with Crippen molar-refractivity contribution in [3.05, 3.63) is 60.1 Å². The number of carbonyl (C=O) groups excluding carboxylic acids is 1. The molecular weight excluding hydrogens is 344 g/mol. The van der Waals surface area contributed by atoms with E-state index in [1.807, 2.05) is 41.2 Å². The van der Waals surface area contributed by atoms with Crippen molar-refractivity contribution in [2.45, 2.75) is 38.5 Å². The Hall–Kier alpha value is -2.93. The summed E-state index contributed by atoms with van der Waals surface area (Å²) in [6, 6.07) is 11.4. The van der Waals surface area contributed by atoms with Gasteiger partial charge in [-0.05, 0) is 25.7 Å². The number of nitrogens with one attached hydrogen (secondary N) is 1. The number of aliphatic hydroxyl groups excluding tert-OH is 1. The van der Waals surface area contributed by atoms with Gasteiger partial charge in [0.25, 0.3) is 5.91 Å². The highest BCUT2D eigenvalue weighted by Gasteiger charge is 2.31. The van der Waals surface area contributed by atoms with Crippen LogP contribution in [-0.2, 0) is 6.54 Å². The zero-order valence-electron chi connectivity index (χ0n) is 15.1. The van der Waals surface area contributed by atoms with Crippen molar-refractivity contribution in [3.63, 3.8) is 0 Å².